The second kappa shape index (κ2) is 5.89. The van der Waals surface area contributed by atoms with Crippen molar-refractivity contribution in [3.05, 3.63) is 47.5 Å². The van der Waals surface area contributed by atoms with Gasteiger partial charge in [0.25, 0.3) is 0 Å². The van der Waals surface area contributed by atoms with Crippen molar-refractivity contribution in [1.29, 1.82) is 0 Å². The lowest BCUT2D eigenvalue weighted by molar-refractivity contribution is -0.114. The highest BCUT2D eigenvalue weighted by molar-refractivity contribution is 5.93. The summed E-state index contributed by atoms with van der Waals surface area (Å²) in [7, 11) is 0. The van der Waals surface area contributed by atoms with Gasteiger partial charge in [-0.15, -0.1) is 0 Å². The molecule has 5 heteroatoms. The van der Waals surface area contributed by atoms with E-state index >= 15 is 0 Å². The van der Waals surface area contributed by atoms with Gasteiger partial charge in [0.1, 0.15) is 0 Å². The van der Waals surface area contributed by atoms with Crippen molar-refractivity contribution in [2.75, 3.05) is 12.1 Å². The van der Waals surface area contributed by atoms with Gasteiger partial charge in [-0.25, -0.2) is 0 Å². The third-order valence-corrected chi connectivity index (χ3v) is 3.21. The normalized spacial score (nSPS) is 12.6. The van der Waals surface area contributed by atoms with E-state index in [1.807, 2.05) is 43.3 Å². The maximum absolute atomic E-state index is 11.3. The molecule has 0 saturated heterocycles. The van der Waals surface area contributed by atoms with Gasteiger partial charge in [0.05, 0.1) is 11.4 Å². The highest BCUT2D eigenvalue weighted by atomic mass is 16.7. The lowest BCUT2D eigenvalue weighted by Gasteiger charge is -2.07. The van der Waals surface area contributed by atoms with Crippen LogP contribution in [0.3, 0.4) is 0 Å². The average molecular weight is 296 g/mol. The Kier molecular flexibility index (Phi) is 3.78. The smallest absolute Gasteiger partial charge is 0.231 e. The Morgan fingerprint density at radius 3 is 2.82 bits per heavy atom. The quantitative estimate of drug-likeness (QED) is 0.883. The van der Waals surface area contributed by atoms with Crippen LogP contribution in [-0.2, 0) is 4.79 Å². The largest absolute Gasteiger partial charge is 0.454 e. The molecule has 0 aliphatic carbocycles. The van der Waals surface area contributed by atoms with Crippen molar-refractivity contribution in [1.82, 2.24) is 0 Å². The first-order chi connectivity index (χ1) is 10.6. The van der Waals surface area contributed by atoms with Crippen LogP contribution in [-0.4, -0.2) is 18.9 Å². The fourth-order valence-corrected chi connectivity index (χ4v) is 2.18. The van der Waals surface area contributed by atoms with Crippen molar-refractivity contribution < 1.29 is 14.3 Å². The first-order valence-corrected chi connectivity index (χ1v) is 6.94. The monoisotopic (exact) mass is 296 g/mol. The Hall–Kier alpha value is -2.82. The number of aliphatic imine (C=N–C) groups is 1. The van der Waals surface area contributed by atoms with Crippen LogP contribution in [0.15, 0.2) is 41.4 Å². The summed E-state index contributed by atoms with van der Waals surface area (Å²) in [6.45, 7) is 3.71. The molecule has 0 unspecified atom stereocenters. The van der Waals surface area contributed by atoms with Crippen molar-refractivity contribution in [3.8, 4) is 11.5 Å². The molecule has 3 rings (SSSR count). The maximum atomic E-state index is 11.3. The summed E-state index contributed by atoms with van der Waals surface area (Å²) in [5, 5.41) is 2.78. The number of carbonyl (C=O) groups excluding carboxylic acids is 1. The molecular formula is C17H16N2O3. The van der Waals surface area contributed by atoms with Crippen molar-refractivity contribution >= 4 is 23.5 Å². The van der Waals surface area contributed by atoms with Crippen molar-refractivity contribution in [3.63, 3.8) is 0 Å². The van der Waals surface area contributed by atoms with E-state index < -0.39 is 0 Å². The molecule has 0 saturated carbocycles. The fourth-order valence-electron chi connectivity index (χ4n) is 2.18. The van der Waals surface area contributed by atoms with E-state index in [0.29, 0.717) is 11.4 Å². The third-order valence-electron chi connectivity index (χ3n) is 3.21. The number of hydrogen-bond acceptors (Lipinski definition) is 4. The van der Waals surface area contributed by atoms with Crippen molar-refractivity contribution in [2.24, 2.45) is 4.99 Å². The van der Waals surface area contributed by atoms with Gasteiger partial charge in [-0.05, 0) is 48.4 Å². The van der Waals surface area contributed by atoms with Gasteiger partial charge in [-0.3, -0.25) is 9.79 Å². The van der Waals surface area contributed by atoms with E-state index in [2.05, 4.69) is 10.3 Å². The van der Waals surface area contributed by atoms with E-state index in [0.717, 1.165) is 22.6 Å². The molecular weight excluding hydrogens is 280 g/mol. The van der Waals surface area contributed by atoms with E-state index in [1.165, 1.54) is 6.92 Å². The zero-order chi connectivity index (χ0) is 15.5. The Bertz CT molecular complexity index is 754. The molecule has 2 aromatic rings. The first kappa shape index (κ1) is 14.1. The lowest BCUT2D eigenvalue weighted by Crippen LogP contribution is -2.05. The zero-order valence-electron chi connectivity index (χ0n) is 12.4. The van der Waals surface area contributed by atoms with Gasteiger partial charge >= 0.3 is 0 Å². The summed E-state index contributed by atoms with van der Waals surface area (Å²) in [5.41, 5.74) is 3.38. The summed E-state index contributed by atoms with van der Waals surface area (Å²) in [6, 6.07) is 11.3. The van der Waals surface area contributed by atoms with E-state index in [4.69, 9.17) is 9.47 Å². The maximum Gasteiger partial charge on any atom is 0.231 e. The van der Waals surface area contributed by atoms with Gasteiger partial charge in [-0.2, -0.15) is 0 Å². The number of anilines is 1. The minimum absolute atomic E-state index is 0.122. The van der Waals surface area contributed by atoms with E-state index in [9.17, 15) is 4.79 Å². The lowest BCUT2D eigenvalue weighted by atomic mass is 10.2. The molecule has 1 heterocycles. The summed E-state index contributed by atoms with van der Waals surface area (Å²) in [4.78, 5) is 15.7. The number of fused-ring (bicyclic) bond motifs is 1. The van der Waals surface area contributed by atoms with Crippen molar-refractivity contribution in [2.45, 2.75) is 13.8 Å². The summed E-state index contributed by atoms with van der Waals surface area (Å²) in [5.74, 6) is 1.34. The first-order valence-electron chi connectivity index (χ1n) is 6.94. The highest BCUT2D eigenvalue weighted by Gasteiger charge is 2.12. The van der Waals surface area contributed by atoms with Gasteiger partial charge in [0.2, 0.25) is 12.7 Å². The van der Waals surface area contributed by atoms with Crippen LogP contribution < -0.4 is 14.8 Å². The number of nitrogens with one attached hydrogen (secondary N) is 1. The molecule has 22 heavy (non-hydrogen) atoms. The topological polar surface area (TPSA) is 59.9 Å². The number of hydrogen-bond donors (Lipinski definition) is 1. The number of ether oxygens (including phenoxy) is 2. The predicted octanol–water partition coefficient (Wildman–Crippen LogP) is 3.43. The molecule has 0 bridgehead atoms. The SMILES string of the molecule is CC(=O)Nc1ccc(C)cc1N=Cc1ccc2c(c1)OCO2. The molecule has 5 nitrogen and oxygen atoms in total. The second-order valence-electron chi connectivity index (χ2n) is 5.07. The average Bonchev–Trinajstić information content (AvgIpc) is 2.94. The minimum atomic E-state index is -0.122. The van der Waals surface area contributed by atoms with Gasteiger partial charge < -0.3 is 14.8 Å². The molecule has 1 aliphatic heterocycles. The summed E-state index contributed by atoms with van der Waals surface area (Å²) >= 11 is 0. The van der Waals surface area contributed by atoms with Crippen LogP contribution in [0, 0.1) is 6.92 Å². The number of nitrogens with zero attached hydrogens (tertiary/aromatic N) is 1. The molecule has 0 spiro atoms. The number of carbonyl (C=O) groups is 1. The standard InChI is InChI=1S/C17H16N2O3/c1-11-3-5-14(19-12(2)20)15(7-11)18-9-13-4-6-16-17(8-13)22-10-21-16/h3-9H,10H2,1-2H3,(H,19,20). The van der Waals surface area contributed by atoms with E-state index in [1.54, 1.807) is 6.21 Å². The number of amides is 1. The molecule has 0 fully saturated rings. The second-order valence-corrected chi connectivity index (χ2v) is 5.07. The number of rotatable bonds is 3. The number of benzene rings is 2. The molecule has 0 atom stereocenters. The molecule has 2 aromatic carbocycles. The molecule has 0 aromatic heterocycles. The Labute approximate surface area is 128 Å². The summed E-state index contributed by atoms with van der Waals surface area (Å²) in [6.07, 6.45) is 1.74. The Balaban J connectivity index is 1.88. The summed E-state index contributed by atoms with van der Waals surface area (Å²) < 4.78 is 10.6. The van der Waals surface area contributed by atoms with Crippen LogP contribution >= 0.6 is 0 Å². The van der Waals surface area contributed by atoms with Crippen LogP contribution in [0.4, 0.5) is 11.4 Å². The number of aryl methyl sites for hydroxylation is 1. The molecule has 1 N–H and O–H groups in total. The predicted molar refractivity (Wildman–Crippen MR) is 85.3 cm³/mol. The minimum Gasteiger partial charge on any atom is -0.454 e. The van der Waals surface area contributed by atoms with Crippen LogP contribution in [0.25, 0.3) is 0 Å². The third kappa shape index (κ3) is 3.09. The fraction of sp³-hybridized carbons (Fsp3) is 0.176. The Morgan fingerprint density at radius 2 is 2.00 bits per heavy atom. The van der Waals surface area contributed by atoms with E-state index in [-0.39, 0.29) is 12.7 Å². The highest BCUT2D eigenvalue weighted by Crippen LogP contribution is 2.32. The Morgan fingerprint density at radius 1 is 1.18 bits per heavy atom. The molecule has 112 valence electrons. The molecule has 1 aliphatic rings. The van der Waals surface area contributed by atoms with Gasteiger partial charge in [0, 0.05) is 13.1 Å². The van der Waals surface area contributed by atoms with Crippen LogP contribution in [0.2, 0.25) is 0 Å². The van der Waals surface area contributed by atoms with Crippen LogP contribution in [0.1, 0.15) is 18.1 Å². The van der Waals surface area contributed by atoms with Crippen LogP contribution in [0.5, 0.6) is 11.5 Å². The molecule has 0 radical (unpaired) electrons. The zero-order valence-corrected chi connectivity index (χ0v) is 12.4. The van der Waals surface area contributed by atoms with Gasteiger partial charge in [-0.1, -0.05) is 6.07 Å². The van der Waals surface area contributed by atoms with Gasteiger partial charge in [0.15, 0.2) is 11.5 Å². The molecule has 1 amide bonds.